The second-order valence-electron chi connectivity index (χ2n) is 3.47. The quantitative estimate of drug-likeness (QED) is 0.746. The Kier molecular flexibility index (Phi) is 2.34. The summed E-state index contributed by atoms with van der Waals surface area (Å²) in [6, 6.07) is 4.01. The summed E-state index contributed by atoms with van der Waals surface area (Å²) < 4.78 is 0.736. The van der Waals surface area contributed by atoms with E-state index in [0.29, 0.717) is 0 Å². The molecule has 0 saturated carbocycles. The highest BCUT2D eigenvalue weighted by atomic mass is 127. The molecule has 0 unspecified atom stereocenters. The fourth-order valence-electron chi connectivity index (χ4n) is 1.67. The molecule has 1 aromatic carbocycles. The molecule has 2 aromatic rings. The van der Waals surface area contributed by atoms with Crippen LogP contribution in [0.3, 0.4) is 0 Å². The Morgan fingerprint density at radius 3 is 2.71 bits per heavy atom. The van der Waals surface area contributed by atoms with Crippen LogP contribution in [-0.2, 0) is 0 Å². The lowest BCUT2D eigenvalue weighted by Gasteiger charge is -2.03. The van der Waals surface area contributed by atoms with Crippen molar-refractivity contribution in [3.63, 3.8) is 0 Å². The van der Waals surface area contributed by atoms with Crippen molar-refractivity contribution in [2.24, 2.45) is 0 Å². The van der Waals surface area contributed by atoms with Gasteiger partial charge in [0.25, 0.3) is 0 Å². The summed E-state index contributed by atoms with van der Waals surface area (Å²) in [5.74, 6) is 0. The normalized spacial score (nSPS) is 10.8. The smallest absolute Gasteiger partial charge is 0.202 e. The topological polar surface area (TPSA) is 32.9 Å². The summed E-state index contributed by atoms with van der Waals surface area (Å²) in [5, 5.41) is 0.786. The number of hydrogen-bond acceptors (Lipinski definition) is 1. The zero-order valence-corrected chi connectivity index (χ0v) is 10.2. The molecule has 1 heterocycles. The largest absolute Gasteiger partial charge is 0.360 e. The summed E-state index contributed by atoms with van der Waals surface area (Å²) in [4.78, 5) is 15.0. The molecule has 14 heavy (non-hydrogen) atoms. The molecule has 0 atom stereocenters. The van der Waals surface area contributed by atoms with E-state index in [1.54, 1.807) is 6.20 Å². The fourth-order valence-corrected chi connectivity index (χ4v) is 2.11. The first kappa shape index (κ1) is 9.71. The number of aromatic amines is 1. The number of halogens is 1. The average Bonchev–Trinajstić information content (AvgIpc) is 2.12. The van der Waals surface area contributed by atoms with Crippen molar-refractivity contribution >= 4 is 33.5 Å². The summed E-state index contributed by atoms with van der Waals surface area (Å²) >= 11 is 2.05. The van der Waals surface area contributed by atoms with Gasteiger partial charge < -0.3 is 4.98 Å². The molecular formula is C11H10INO. The first-order valence-electron chi connectivity index (χ1n) is 4.38. The lowest BCUT2D eigenvalue weighted by atomic mass is 10.1. The van der Waals surface area contributed by atoms with Gasteiger partial charge in [-0.2, -0.15) is 0 Å². The lowest BCUT2D eigenvalue weighted by molar-refractivity contribution is 1.31. The molecule has 1 aromatic heterocycles. The highest BCUT2D eigenvalue weighted by molar-refractivity contribution is 14.1. The van der Waals surface area contributed by atoms with Crippen LogP contribution in [0.2, 0.25) is 0 Å². The molecule has 72 valence electrons. The summed E-state index contributed by atoms with van der Waals surface area (Å²) in [6.45, 7) is 4.02. The number of nitrogens with one attached hydrogen (secondary N) is 1. The van der Waals surface area contributed by atoms with E-state index >= 15 is 0 Å². The van der Waals surface area contributed by atoms with Gasteiger partial charge in [-0.15, -0.1) is 0 Å². The minimum Gasteiger partial charge on any atom is -0.360 e. The van der Waals surface area contributed by atoms with Gasteiger partial charge in [0.2, 0.25) is 5.43 Å². The van der Waals surface area contributed by atoms with Crippen molar-refractivity contribution in [2.45, 2.75) is 13.8 Å². The monoisotopic (exact) mass is 299 g/mol. The molecule has 0 amide bonds. The van der Waals surface area contributed by atoms with Crippen LogP contribution in [0.25, 0.3) is 10.9 Å². The van der Waals surface area contributed by atoms with Gasteiger partial charge in [-0.25, -0.2) is 0 Å². The molecule has 0 radical (unpaired) electrons. The van der Waals surface area contributed by atoms with E-state index in [1.807, 2.05) is 19.9 Å². The number of hydrogen-bond donors (Lipinski definition) is 1. The molecule has 2 rings (SSSR count). The van der Waals surface area contributed by atoms with E-state index in [1.165, 1.54) is 0 Å². The third-order valence-electron chi connectivity index (χ3n) is 2.28. The van der Waals surface area contributed by atoms with Crippen LogP contribution < -0.4 is 5.43 Å². The molecule has 0 fully saturated rings. The highest BCUT2D eigenvalue weighted by Crippen LogP contribution is 2.16. The maximum atomic E-state index is 11.8. The van der Waals surface area contributed by atoms with Crippen LogP contribution in [0.4, 0.5) is 0 Å². The Hall–Kier alpha value is -0.840. The van der Waals surface area contributed by atoms with Gasteiger partial charge in [0.1, 0.15) is 0 Å². The van der Waals surface area contributed by atoms with Crippen molar-refractivity contribution in [2.75, 3.05) is 0 Å². The van der Waals surface area contributed by atoms with Gasteiger partial charge in [-0.3, -0.25) is 4.79 Å². The van der Waals surface area contributed by atoms with E-state index < -0.39 is 0 Å². The Morgan fingerprint density at radius 2 is 2.00 bits per heavy atom. The molecule has 0 saturated heterocycles. The molecule has 2 nitrogen and oxygen atoms in total. The van der Waals surface area contributed by atoms with Crippen LogP contribution in [0.1, 0.15) is 11.1 Å². The van der Waals surface area contributed by atoms with Crippen LogP contribution in [-0.4, -0.2) is 4.98 Å². The number of aromatic nitrogens is 1. The Balaban J connectivity index is 3.03. The minimum atomic E-state index is 0.117. The standard InChI is InChI=1S/C11H10INO/c1-6-3-7(2)10-8(4-6)11(14)9(12)5-13-10/h3-5H,1-2H3,(H,13,14). The van der Waals surface area contributed by atoms with Crippen LogP contribution >= 0.6 is 22.6 Å². The molecule has 1 N–H and O–H groups in total. The minimum absolute atomic E-state index is 0.117. The third kappa shape index (κ3) is 1.45. The van der Waals surface area contributed by atoms with Gasteiger partial charge >= 0.3 is 0 Å². The molecular weight excluding hydrogens is 289 g/mol. The van der Waals surface area contributed by atoms with Gasteiger partial charge in [0, 0.05) is 11.6 Å². The van der Waals surface area contributed by atoms with E-state index in [0.717, 1.165) is 25.6 Å². The molecule has 0 aliphatic carbocycles. The first-order chi connectivity index (χ1) is 6.59. The second kappa shape index (κ2) is 3.38. The Morgan fingerprint density at radius 1 is 1.29 bits per heavy atom. The van der Waals surface area contributed by atoms with E-state index in [9.17, 15) is 4.79 Å². The second-order valence-corrected chi connectivity index (χ2v) is 4.63. The molecule has 0 bridgehead atoms. The Bertz CT molecular complexity index is 557. The van der Waals surface area contributed by atoms with E-state index in [-0.39, 0.29) is 5.43 Å². The van der Waals surface area contributed by atoms with Gasteiger partial charge in [-0.1, -0.05) is 6.07 Å². The predicted octanol–water partition coefficient (Wildman–Crippen LogP) is 2.75. The van der Waals surface area contributed by atoms with Crippen LogP contribution in [0.5, 0.6) is 0 Å². The molecule has 0 aliphatic heterocycles. The molecule has 0 aliphatic rings. The van der Waals surface area contributed by atoms with Crippen molar-refractivity contribution in [1.29, 1.82) is 0 Å². The summed E-state index contributed by atoms with van der Waals surface area (Å²) in [5.41, 5.74) is 3.31. The van der Waals surface area contributed by atoms with Gasteiger partial charge in [0.05, 0.1) is 9.09 Å². The number of pyridine rings is 1. The summed E-state index contributed by atoms with van der Waals surface area (Å²) in [6.07, 6.45) is 1.76. The third-order valence-corrected chi connectivity index (χ3v) is 3.09. The molecule has 0 spiro atoms. The number of rotatable bonds is 0. The average molecular weight is 299 g/mol. The van der Waals surface area contributed by atoms with Crippen molar-refractivity contribution in [3.05, 3.63) is 43.2 Å². The molecule has 3 heteroatoms. The van der Waals surface area contributed by atoms with Crippen molar-refractivity contribution < 1.29 is 0 Å². The SMILES string of the molecule is Cc1cc(C)c2[nH]cc(I)c(=O)c2c1. The zero-order chi connectivity index (χ0) is 10.3. The maximum Gasteiger partial charge on any atom is 0.202 e. The van der Waals surface area contributed by atoms with E-state index in [2.05, 4.69) is 33.6 Å². The summed E-state index contributed by atoms with van der Waals surface area (Å²) in [7, 11) is 0. The number of fused-ring (bicyclic) bond motifs is 1. The highest BCUT2D eigenvalue weighted by Gasteiger charge is 2.04. The number of aryl methyl sites for hydroxylation is 2. The van der Waals surface area contributed by atoms with Gasteiger partial charge in [-0.05, 0) is 53.6 Å². The maximum absolute atomic E-state index is 11.8. The lowest BCUT2D eigenvalue weighted by Crippen LogP contribution is -2.07. The fraction of sp³-hybridized carbons (Fsp3) is 0.182. The van der Waals surface area contributed by atoms with Crippen molar-refractivity contribution in [1.82, 2.24) is 4.98 Å². The van der Waals surface area contributed by atoms with Crippen LogP contribution in [0, 0.1) is 17.4 Å². The predicted molar refractivity (Wildman–Crippen MR) is 66.8 cm³/mol. The van der Waals surface area contributed by atoms with E-state index in [4.69, 9.17) is 0 Å². The van der Waals surface area contributed by atoms with Gasteiger partial charge in [0.15, 0.2) is 0 Å². The van der Waals surface area contributed by atoms with Crippen LogP contribution in [0.15, 0.2) is 23.1 Å². The van der Waals surface area contributed by atoms with Crippen molar-refractivity contribution in [3.8, 4) is 0 Å². The number of benzene rings is 1. The zero-order valence-electron chi connectivity index (χ0n) is 8.02. The Labute approximate surface area is 95.5 Å². The first-order valence-corrected chi connectivity index (χ1v) is 5.45. The number of H-pyrrole nitrogens is 1.